The molecule has 0 spiro atoms. The van der Waals surface area contributed by atoms with E-state index in [0.717, 1.165) is 40.5 Å². The van der Waals surface area contributed by atoms with E-state index in [9.17, 15) is 0 Å². The van der Waals surface area contributed by atoms with Crippen LogP contribution in [0.3, 0.4) is 0 Å². The summed E-state index contributed by atoms with van der Waals surface area (Å²) in [6.45, 7) is 2.11. The van der Waals surface area contributed by atoms with Crippen LogP contribution in [-0.4, -0.2) is 19.8 Å². The lowest BCUT2D eigenvalue weighted by Gasteiger charge is -2.56. The number of hydrogen-bond donors (Lipinski definition) is 0. The van der Waals surface area contributed by atoms with Gasteiger partial charge < -0.3 is 0 Å². The van der Waals surface area contributed by atoms with Gasteiger partial charge in [0.1, 0.15) is 5.01 Å². The Morgan fingerprint density at radius 3 is 2.31 bits per heavy atom. The summed E-state index contributed by atoms with van der Waals surface area (Å²) in [5.74, 6) is 3.85. The van der Waals surface area contributed by atoms with Gasteiger partial charge in [0, 0.05) is 12.0 Å². The van der Waals surface area contributed by atoms with Crippen molar-refractivity contribution < 1.29 is 0 Å². The molecular formula is C21H24N4S. The number of nitrogens with zero attached hydrogens (tertiary/aromatic N) is 4. The highest BCUT2D eigenvalue weighted by Gasteiger charge is 2.51. The Labute approximate surface area is 157 Å². The van der Waals surface area contributed by atoms with Crippen LogP contribution in [0.5, 0.6) is 0 Å². The summed E-state index contributed by atoms with van der Waals surface area (Å²) < 4.78 is 1.96. The number of benzene rings is 1. The van der Waals surface area contributed by atoms with E-state index in [1.165, 1.54) is 49.1 Å². The first kappa shape index (κ1) is 15.3. The van der Waals surface area contributed by atoms with Gasteiger partial charge in [0.15, 0.2) is 5.82 Å². The molecule has 26 heavy (non-hydrogen) atoms. The van der Waals surface area contributed by atoms with Crippen LogP contribution in [0, 0.1) is 30.1 Å². The average Bonchev–Trinajstić information content (AvgIpc) is 3.14. The van der Waals surface area contributed by atoms with Gasteiger partial charge in [-0.05, 0) is 68.6 Å². The zero-order valence-electron chi connectivity index (χ0n) is 15.2. The first-order valence-electron chi connectivity index (χ1n) is 9.94. The molecule has 134 valence electrons. The van der Waals surface area contributed by atoms with Gasteiger partial charge in [0.05, 0.1) is 0 Å². The predicted molar refractivity (Wildman–Crippen MR) is 103 cm³/mol. The topological polar surface area (TPSA) is 43.1 Å². The zero-order chi connectivity index (χ0) is 17.3. The summed E-state index contributed by atoms with van der Waals surface area (Å²) >= 11 is 1.74. The summed E-state index contributed by atoms with van der Waals surface area (Å²) in [6, 6.07) is 8.48. The molecule has 0 unspecified atom stereocenters. The van der Waals surface area contributed by atoms with Crippen LogP contribution in [0.2, 0.25) is 0 Å². The van der Waals surface area contributed by atoms with Crippen molar-refractivity contribution in [2.45, 2.75) is 51.9 Å². The van der Waals surface area contributed by atoms with Gasteiger partial charge in [-0.15, -0.1) is 10.2 Å². The predicted octanol–water partition coefficient (Wildman–Crippen LogP) is 4.92. The standard InChI is InChI=1S/C21H24N4S/c1-13-2-4-17(5-3-13)19-22-23-20-25(19)24-18(26-20)12-21-9-14-6-15(10-21)8-16(7-14)11-21/h2-5,14-16H,6-12H2,1H3. The Hall–Kier alpha value is -1.75. The van der Waals surface area contributed by atoms with Crippen molar-refractivity contribution >= 4 is 16.3 Å². The molecule has 2 aromatic heterocycles. The normalized spacial score (nSPS) is 32.6. The van der Waals surface area contributed by atoms with Crippen molar-refractivity contribution in [3.05, 3.63) is 34.8 Å². The van der Waals surface area contributed by atoms with Gasteiger partial charge in [0.25, 0.3) is 0 Å². The first-order valence-corrected chi connectivity index (χ1v) is 10.8. The van der Waals surface area contributed by atoms with Crippen LogP contribution in [0.25, 0.3) is 16.3 Å². The van der Waals surface area contributed by atoms with Crippen molar-refractivity contribution in [3.63, 3.8) is 0 Å². The van der Waals surface area contributed by atoms with Crippen molar-refractivity contribution in [3.8, 4) is 11.4 Å². The van der Waals surface area contributed by atoms with Crippen LogP contribution in [0.1, 0.15) is 49.1 Å². The minimum absolute atomic E-state index is 0.530. The number of aryl methyl sites for hydroxylation is 1. The molecule has 0 amide bonds. The number of fused-ring (bicyclic) bond motifs is 1. The van der Waals surface area contributed by atoms with Gasteiger partial charge in [-0.2, -0.15) is 9.61 Å². The highest BCUT2D eigenvalue weighted by Crippen LogP contribution is 2.61. The maximum absolute atomic E-state index is 4.96. The SMILES string of the molecule is Cc1ccc(-c2nnc3sc(CC45CC6CC(CC(C6)C4)C5)nn23)cc1. The molecule has 1 aromatic carbocycles. The van der Waals surface area contributed by atoms with Crippen molar-refractivity contribution in [1.29, 1.82) is 0 Å². The molecule has 4 bridgehead atoms. The monoisotopic (exact) mass is 364 g/mol. The number of hydrogen-bond acceptors (Lipinski definition) is 4. The second kappa shape index (κ2) is 5.38. The van der Waals surface area contributed by atoms with Crippen LogP contribution in [0.4, 0.5) is 0 Å². The molecule has 3 aromatic rings. The van der Waals surface area contributed by atoms with E-state index < -0.39 is 0 Å². The molecule has 0 radical (unpaired) electrons. The summed E-state index contributed by atoms with van der Waals surface area (Å²) in [4.78, 5) is 0.931. The number of rotatable bonds is 3. The van der Waals surface area contributed by atoms with E-state index in [2.05, 4.69) is 41.4 Å². The largest absolute Gasteiger partial charge is 0.234 e. The molecule has 4 saturated carbocycles. The average molecular weight is 365 g/mol. The Morgan fingerprint density at radius 1 is 1.00 bits per heavy atom. The molecule has 4 aliphatic carbocycles. The Bertz CT molecular complexity index is 932. The van der Waals surface area contributed by atoms with Gasteiger partial charge in [-0.3, -0.25) is 0 Å². The van der Waals surface area contributed by atoms with Crippen molar-refractivity contribution in [2.75, 3.05) is 0 Å². The molecular weight excluding hydrogens is 340 g/mol. The minimum atomic E-state index is 0.530. The quantitative estimate of drug-likeness (QED) is 0.662. The van der Waals surface area contributed by atoms with Crippen LogP contribution >= 0.6 is 11.3 Å². The zero-order valence-corrected chi connectivity index (χ0v) is 16.0. The Morgan fingerprint density at radius 2 is 1.65 bits per heavy atom. The molecule has 4 nitrogen and oxygen atoms in total. The Kier molecular flexibility index (Phi) is 3.17. The molecule has 0 N–H and O–H groups in total. The highest BCUT2D eigenvalue weighted by atomic mass is 32.1. The lowest BCUT2D eigenvalue weighted by molar-refractivity contribution is -0.0522. The highest BCUT2D eigenvalue weighted by molar-refractivity contribution is 7.16. The lowest BCUT2D eigenvalue weighted by atomic mass is 9.49. The van der Waals surface area contributed by atoms with Crippen LogP contribution in [-0.2, 0) is 6.42 Å². The summed E-state index contributed by atoms with van der Waals surface area (Å²) in [6.07, 6.45) is 9.96. The fourth-order valence-corrected chi connectivity index (χ4v) is 7.44. The second-order valence-corrected chi connectivity index (χ2v) is 10.2. The fourth-order valence-electron chi connectivity index (χ4n) is 6.44. The molecule has 0 saturated heterocycles. The van der Waals surface area contributed by atoms with E-state index in [-0.39, 0.29) is 0 Å². The number of aromatic nitrogens is 4. The van der Waals surface area contributed by atoms with Gasteiger partial charge in [-0.1, -0.05) is 41.2 Å². The second-order valence-electron chi connectivity index (χ2n) is 9.17. The first-order chi connectivity index (χ1) is 12.7. The summed E-state index contributed by atoms with van der Waals surface area (Å²) in [5.41, 5.74) is 2.88. The van der Waals surface area contributed by atoms with Crippen LogP contribution in [0.15, 0.2) is 24.3 Å². The van der Waals surface area contributed by atoms with E-state index in [1.54, 1.807) is 11.3 Å². The fraction of sp³-hybridized carbons (Fsp3) is 0.571. The maximum Gasteiger partial charge on any atom is 0.234 e. The van der Waals surface area contributed by atoms with E-state index in [4.69, 9.17) is 5.10 Å². The van der Waals surface area contributed by atoms with E-state index >= 15 is 0 Å². The van der Waals surface area contributed by atoms with Crippen LogP contribution < -0.4 is 0 Å². The molecule has 0 atom stereocenters. The molecule has 0 aliphatic heterocycles. The third-order valence-electron chi connectivity index (χ3n) is 7.03. The third kappa shape index (κ3) is 2.36. The summed E-state index contributed by atoms with van der Waals surface area (Å²) in [5, 5.41) is 15.0. The Balaban J connectivity index is 1.33. The maximum atomic E-state index is 4.96. The molecule has 4 aliphatic rings. The third-order valence-corrected chi connectivity index (χ3v) is 7.93. The van der Waals surface area contributed by atoms with E-state index in [0.29, 0.717) is 5.41 Å². The smallest absolute Gasteiger partial charge is 0.183 e. The molecule has 5 heteroatoms. The van der Waals surface area contributed by atoms with Gasteiger partial charge in [0.2, 0.25) is 4.96 Å². The molecule has 4 fully saturated rings. The van der Waals surface area contributed by atoms with Crippen molar-refractivity contribution in [1.82, 2.24) is 19.8 Å². The lowest BCUT2D eigenvalue weighted by Crippen LogP contribution is -2.47. The summed E-state index contributed by atoms with van der Waals surface area (Å²) in [7, 11) is 0. The van der Waals surface area contributed by atoms with Gasteiger partial charge >= 0.3 is 0 Å². The molecule has 2 heterocycles. The minimum Gasteiger partial charge on any atom is -0.183 e. The van der Waals surface area contributed by atoms with Crippen molar-refractivity contribution in [2.24, 2.45) is 23.2 Å². The van der Waals surface area contributed by atoms with E-state index in [1.807, 2.05) is 4.52 Å². The van der Waals surface area contributed by atoms with Gasteiger partial charge in [-0.25, -0.2) is 0 Å². The molecule has 7 rings (SSSR count).